The first-order valence-electron chi connectivity index (χ1n) is 33.1. The maximum Gasteiger partial charge on any atom is 0.305 e. The Kier molecular flexibility index (Phi) is 61.4. The van der Waals surface area contributed by atoms with E-state index in [1.807, 2.05) is 6.08 Å². The zero-order valence-electron chi connectivity index (χ0n) is 49.4. The van der Waals surface area contributed by atoms with Crippen LogP contribution in [0, 0.1) is 0 Å². The van der Waals surface area contributed by atoms with Gasteiger partial charge in [0, 0.05) is 12.8 Å². The van der Waals surface area contributed by atoms with Crippen LogP contribution in [0.25, 0.3) is 0 Å². The van der Waals surface area contributed by atoms with Crippen LogP contribution in [0.5, 0.6) is 0 Å². The molecule has 0 bridgehead atoms. The summed E-state index contributed by atoms with van der Waals surface area (Å²) in [5.41, 5.74) is 0. The Bertz CT molecular complexity index is 1140. The lowest BCUT2D eigenvalue weighted by Crippen LogP contribution is -2.45. The first-order chi connectivity index (χ1) is 36.0. The van der Waals surface area contributed by atoms with E-state index in [-0.39, 0.29) is 18.5 Å². The number of unbranched alkanes of at least 4 members (excludes halogenated alkanes) is 49. The van der Waals surface area contributed by atoms with E-state index in [0.717, 1.165) is 44.9 Å². The van der Waals surface area contributed by atoms with Crippen LogP contribution >= 0.6 is 0 Å². The topological polar surface area (TPSA) is 95.9 Å². The standard InChI is InChI=1S/C67H129NO5/c1-3-5-7-9-11-13-15-17-19-21-23-24-26-27-31-35-39-43-47-51-55-59-65(70)64(63-69)68-66(71)60-56-52-48-44-40-36-32-29-30-34-38-42-46-50-54-58-62-73-67(72)61-57-53-49-45-41-37-33-28-25-22-20-18-16-14-12-10-8-6-4-2/h18,20,55,59,64-65,69-70H,3-17,19,21-54,56-58,60-63H2,1-2H3,(H,68,71)/b20-18-,59-55+. The minimum atomic E-state index is -0.850. The lowest BCUT2D eigenvalue weighted by Gasteiger charge is -2.20. The van der Waals surface area contributed by atoms with Crippen molar-refractivity contribution in [2.24, 2.45) is 0 Å². The third-order valence-corrected chi connectivity index (χ3v) is 15.5. The quantitative estimate of drug-likeness (QED) is 0.0320. The molecule has 0 spiro atoms. The van der Waals surface area contributed by atoms with Gasteiger partial charge in [0.2, 0.25) is 5.91 Å². The number of carbonyl (C=O) groups is 2. The van der Waals surface area contributed by atoms with Gasteiger partial charge in [-0.25, -0.2) is 0 Å². The molecule has 0 saturated carbocycles. The Morgan fingerprint density at radius 2 is 0.644 bits per heavy atom. The van der Waals surface area contributed by atoms with Crippen LogP contribution in [0.1, 0.15) is 367 Å². The van der Waals surface area contributed by atoms with E-state index in [4.69, 9.17) is 4.74 Å². The maximum atomic E-state index is 12.5. The summed E-state index contributed by atoms with van der Waals surface area (Å²) in [6, 6.07) is -0.634. The van der Waals surface area contributed by atoms with Crippen LogP contribution in [0.4, 0.5) is 0 Å². The number of hydrogen-bond acceptors (Lipinski definition) is 5. The summed E-state index contributed by atoms with van der Waals surface area (Å²) in [6.07, 6.45) is 77.9. The van der Waals surface area contributed by atoms with Crippen LogP contribution in [-0.4, -0.2) is 47.4 Å². The van der Waals surface area contributed by atoms with Crippen molar-refractivity contribution in [1.29, 1.82) is 0 Å². The van der Waals surface area contributed by atoms with Crippen molar-refractivity contribution in [2.75, 3.05) is 13.2 Å². The summed E-state index contributed by atoms with van der Waals surface area (Å²) in [7, 11) is 0. The smallest absolute Gasteiger partial charge is 0.305 e. The van der Waals surface area contributed by atoms with Gasteiger partial charge in [0.25, 0.3) is 0 Å². The van der Waals surface area contributed by atoms with Crippen LogP contribution in [0.3, 0.4) is 0 Å². The molecule has 3 N–H and O–H groups in total. The molecule has 0 aromatic rings. The molecule has 0 rings (SSSR count). The lowest BCUT2D eigenvalue weighted by molar-refractivity contribution is -0.143. The van der Waals surface area contributed by atoms with Crippen LogP contribution < -0.4 is 5.32 Å². The van der Waals surface area contributed by atoms with Gasteiger partial charge in [0.05, 0.1) is 25.4 Å². The third-order valence-electron chi connectivity index (χ3n) is 15.5. The van der Waals surface area contributed by atoms with Gasteiger partial charge in [-0.1, -0.05) is 321 Å². The van der Waals surface area contributed by atoms with Crippen molar-refractivity contribution in [1.82, 2.24) is 5.32 Å². The number of amides is 1. The monoisotopic (exact) mass is 1030 g/mol. The molecule has 2 atom stereocenters. The first kappa shape index (κ1) is 71.3. The summed E-state index contributed by atoms with van der Waals surface area (Å²) < 4.78 is 5.50. The zero-order chi connectivity index (χ0) is 52.9. The second kappa shape index (κ2) is 62.9. The van der Waals surface area contributed by atoms with E-state index in [2.05, 4.69) is 31.3 Å². The Hall–Kier alpha value is -1.66. The molecular formula is C67H129NO5. The summed E-state index contributed by atoms with van der Waals surface area (Å²) in [6.45, 7) is 4.92. The number of nitrogens with one attached hydrogen (secondary N) is 1. The summed E-state index contributed by atoms with van der Waals surface area (Å²) in [5.74, 6) is -0.0685. The minimum Gasteiger partial charge on any atom is -0.466 e. The van der Waals surface area contributed by atoms with Crippen molar-refractivity contribution in [3.63, 3.8) is 0 Å². The molecular weight excluding hydrogens is 899 g/mol. The van der Waals surface area contributed by atoms with E-state index in [1.165, 1.54) is 295 Å². The predicted octanol–water partition coefficient (Wildman–Crippen LogP) is 21.0. The van der Waals surface area contributed by atoms with Crippen molar-refractivity contribution >= 4 is 11.9 Å². The average Bonchev–Trinajstić information content (AvgIpc) is 3.39. The van der Waals surface area contributed by atoms with Gasteiger partial charge in [-0.15, -0.1) is 0 Å². The number of ether oxygens (including phenoxy) is 1. The number of aliphatic hydroxyl groups is 2. The molecule has 73 heavy (non-hydrogen) atoms. The van der Waals surface area contributed by atoms with E-state index in [0.29, 0.717) is 19.4 Å². The van der Waals surface area contributed by atoms with Crippen LogP contribution in [0.2, 0.25) is 0 Å². The molecule has 0 aliphatic carbocycles. The van der Waals surface area contributed by atoms with E-state index < -0.39 is 12.1 Å². The number of rotatable bonds is 62. The predicted molar refractivity (Wildman–Crippen MR) is 320 cm³/mol. The Morgan fingerprint density at radius 1 is 0.370 bits per heavy atom. The molecule has 1 amide bonds. The SMILES string of the molecule is CCCCCCCC/C=C\CCCCCCCCCCCC(=O)OCCCCCCCCCCCCCCCCCCC(=O)NC(CO)C(O)/C=C/CCCCCCCCCCCCCCCCCCCCC. The van der Waals surface area contributed by atoms with Gasteiger partial charge in [-0.3, -0.25) is 9.59 Å². The number of allylic oxidation sites excluding steroid dienone is 3. The second-order valence-electron chi connectivity index (χ2n) is 22.8. The highest BCUT2D eigenvalue weighted by atomic mass is 16.5. The normalized spacial score (nSPS) is 12.7. The lowest BCUT2D eigenvalue weighted by atomic mass is 10.0. The largest absolute Gasteiger partial charge is 0.466 e. The second-order valence-corrected chi connectivity index (χ2v) is 22.8. The molecule has 0 aliphatic heterocycles. The van der Waals surface area contributed by atoms with Crippen molar-refractivity contribution in [3.05, 3.63) is 24.3 Å². The van der Waals surface area contributed by atoms with E-state index >= 15 is 0 Å². The highest BCUT2D eigenvalue weighted by Gasteiger charge is 2.18. The third kappa shape index (κ3) is 59.4. The molecule has 0 fully saturated rings. The van der Waals surface area contributed by atoms with Gasteiger partial charge >= 0.3 is 5.97 Å². The Morgan fingerprint density at radius 3 is 0.973 bits per heavy atom. The van der Waals surface area contributed by atoms with Crippen molar-refractivity contribution < 1.29 is 24.5 Å². The van der Waals surface area contributed by atoms with Crippen molar-refractivity contribution in [2.45, 2.75) is 379 Å². The van der Waals surface area contributed by atoms with Crippen molar-refractivity contribution in [3.8, 4) is 0 Å². The van der Waals surface area contributed by atoms with Gasteiger partial charge in [-0.05, 0) is 57.8 Å². The summed E-state index contributed by atoms with van der Waals surface area (Å²) in [5, 5.41) is 23.2. The molecule has 0 aliphatic rings. The fraction of sp³-hybridized carbons (Fsp3) is 0.910. The van der Waals surface area contributed by atoms with E-state index in [9.17, 15) is 19.8 Å². The number of esters is 1. The molecule has 6 nitrogen and oxygen atoms in total. The Labute approximate surface area is 456 Å². The molecule has 0 radical (unpaired) electrons. The summed E-state index contributed by atoms with van der Waals surface area (Å²) >= 11 is 0. The molecule has 0 aromatic heterocycles. The van der Waals surface area contributed by atoms with Crippen LogP contribution in [0.15, 0.2) is 24.3 Å². The van der Waals surface area contributed by atoms with Crippen LogP contribution in [-0.2, 0) is 14.3 Å². The first-order valence-corrected chi connectivity index (χ1v) is 33.1. The maximum absolute atomic E-state index is 12.5. The number of hydrogen-bond donors (Lipinski definition) is 3. The fourth-order valence-corrected chi connectivity index (χ4v) is 10.4. The number of carbonyl (C=O) groups excluding carboxylic acids is 2. The molecule has 432 valence electrons. The van der Waals surface area contributed by atoms with E-state index in [1.54, 1.807) is 6.08 Å². The highest BCUT2D eigenvalue weighted by molar-refractivity contribution is 5.76. The Balaban J connectivity index is 3.43. The fourth-order valence-electron chi connectivity index (χ4n) is 10.4. The van der Waals surface area contributed by atoms with Gasteiger partial charge < -0.3 is 20.3 Å². The highest BCUT2D eigenvalue weighted by Crippen LogP contribution is 2.18. The molecule has 0 saturated heterocycles. The average molecular weight is 1030 g/mol. The number of aliphatic hydroxyl groups excluding tert-OH is 2. The minimum absolute atomic E-state index is 0.00265. The zero-order valence-corrected chi connectivity index (χ0v) is 49.4. The van der Waals surface area contributed by atoms with Gasteiger partial charge in [0.1, 0.15) is 0 Å². The molecule has 0 heterocycles. The molecule has 2 unspecified atom stereocenters. The molecule has 0 aromatic carbocycles. The van der Waals surface area contributed by atoms with Gasteiger partial charge in [-0.2, -0.15) is 0 Å². The van der Waals surface area contributed by atoms with Gasteiger partial charge in [0.15, 0.2) is 0 Å². The summed E-state index contributed by atoms with van der Waals surface area (Å²) in [4.78, 5) is 24.6. The molecule has 6 heteroatoms.